The molecule has 0 aliphatic rings. The zero-order chi connectivity index (χ0) is 28.5. The van der Waals surface area contributed by atoms with E-state index in [2.05, 4.69) is 15.0 Å². The standard InChI is InChI=1S/C13H10N2.2C7H5NO4.Fe.4H2O/c14-13-9-5-1-3-7-11(9)15-12-8-4-2-6-10(12)13;2*9-6(10)4-2-1-3-5(8-4)7(11)12;;;;;/h1-8H,(H2,14,15);2*1-3H,(H,9,10)(H,11,12);;4*1H2/q;;;+3;;;;/p-3. The summed E-state index contributed by atoms with van der Waals surface area (Å²) in [5.74, 6) is -6.06. The Labute approximate surface area is 258 Å². The van der Waals surface area contributed by atoms with Crippen molar-refractivity contribution in [3.8, 4) is 0 Å². The van der Waals surface area contributed by atoms with Crippen LogP contribution in [0, 0.1) is 0 Å². The number of nitrogen functional groups attached to an aromatic ring is 1. The Balaban J connectivity index is -0.000000548. The van der Waals surface area contributed by atoms with Gasteiger partial charge in [-0.1, -0.05) is 36.4 Å². The summed E-state index contributed by atoms with van der Waals surface area (Å²) in [7, 11) is 0. The maximum absolute atomic E-state index is 10.2. The number of hydrogen-bond acceptors (Lipinski definition) is 11. The predicted octanol–water partition coefficient (Wildman–Crippen LogP) is -5.29. The molecule has 0 atom stereocenters. The number of carbonyl (C=O) groups is 4. The number of anilines is 1. The molecule has 11 N–H and O–H groups in total. The van der Waals surface area contributed by atoms with Crippen LogP contribution in [0.1, 0.15) is 42.0 Å². The molecular weight excluding hydrogens is 628 g/mol. The molecule has 5 rings (SSSR count). The van der Waals surface area contributed by atoms with Crippen LogP contribution in [0.15, 0.2) is 84.9 Å². The summed E-state index contributed by atoms with van der Waals surface area (Å²) in [5, 5.41) is 42.9. The van der Waals surface area contributed by atoms with Crippen LogP contribution in [0.3, 0.4) is 0 Å². The predicted molar refractivity (Wildman–Crippen MR) is 143 cm³/mol. The van der Waals surface area contributed by atoms with Crippen LogP contribution < -0.4 is 31.1 Å². The van der Waals surface area contributed by atoms with Gasteiger partial charge in [0.1, 0.15) is 0 Å². The Bertz CT molecular complexity index is 1540. The molecule has 16 nitrogen and oxygen atoms in total. The Morgan fingerprint density at radius 3 is 1.05 bits per heavy atom. The number of carboxylic acid groups (broad SMARTS) is 4. The number of aromatic carboxylic acids is 4. The van der Waals surface area contributed by atoms with E-state index in [1.807, 2.05) is 48.5 Å². The topological polar surface area (TPSA) is 352 Å². The Kier molecular flexibility index (Phi) is 19.1. The van der Waals surface area contributed by atoms with Crippen LogP contribution in [0.5, 0.6) is 0 Å². The van der Waals surface area contributed by atoms with E-state index < -0.39 is 46.7 Å². The number of nitrogens with zero attached hydrogens (tertiary/aromatic N) is 2. The fourth-order valence-corrected chi connectivity index (χ4v) is 3.27. The SMILES string of the molecule is Nc1c2ccccc2[nH+]c2ccccc12.O.O.O.O.O=C([O-])c1cccc(C(=O)[O-])n1.O=C([O-])c1cccc(C(=O)[O-])n1.[Fe+3]. The van der Waals surface area contributed by atoms with Crippen molar-refractivity contribution in [3.05, 3.63) is 108 Å². The maximum Gasteiger partial charge on any atom is 3.00 e. The molecule has 1 radical (unpaired) electrons. The van der Waals surface area contributed by atoms with Gasteiger partial charge in [0.05, 0.1) is 63.1 Å². The smallest absolute Gasteiger partial charge is 0.543 e. The average molecular weight is 653 g/mol. The number of carboxylic acids is 4. The Hall–Kier alpha value is -5.55. The fraction of sp³-hybridized carbons (Fsp3) is 0. The van der Waals surface area contributed by atoms with E-state index in [9.17, 15) is 39.6 Å². The second kappa shape index (κ2) is 19.5. The first-order chi connectivity index (χ1) is 18.6. The van der Waals surface area contributed by atoms with Crippen LogP contribution >= 0.6 is 0 Å². The summed E-state index contributed by atoms with van der Waals surface area (Å²) in [5.41, 5.74) is 7.46. The quantitative estimate of drug-likeness (QED) is 0.141. The average Bonchev–Trinajstić information content (AvgIpc) is 2.94. The van der Waals surface area contributed by atoms with Crippen molar-refractivity contribution in [2.45, 2.75) is 0 Å². The van der Waals surface area contributed by atoms with E-state index in [1.165, 1.54) is 12.1 Å². The van der Waals surface area contributed by atoms with Crippen molar-refractivity contribution in [3.63, 3.8) is 0 Å². The zero-order valence-corrected chi connectivity index (χ0v) is 23.3. The Morgan fingerprint density at radius 2 is 0.773 bits per heavy atom. The van der Waals surface area contributed by atoms with Crippen LogP contribution in [-0.4, -0.2) is 55.7 Å². The van der Waals surface area contributed by atoms with Crippen molar-refractivity contribution in [2.24, 2.45) is 0 Å². The van der Waals surface area contributed by atoms with Crippen molar-refractivity contribution in [1.82, 2.24) is 9.97 Å². The zero-order valence-electron chi connectivity index (χ0n) is 22.2. The number of para-hydroxylation sites is 2. The van der Waals surface area contributed by atoms with Gasteiger partial charge in [-0.2, -0.15) is 0 Å². The number of benzene rings is 2. The minimum absolute atomic E-state index is 0. The largest absolute Gasteiger partial charge is 3.00 e. The van der Waals surface area contributed by atoms with Crippen LogP contribution in [-0.2, 0) is 17.1 Å². The van der Waals surface area contributed by atoms with Crippen LogP contribution in [0.25, 0.3) is 21.8 Å². The van der Waals surface area contributed by atoms with Crippen molar-refractivity contribution in [2.75, 3.05) is 5.73 Å². The molecule has 17 heteroatoms. The molecule has 0 aliphatic carbocycles. The summed E-state index contributed by atoms with van der Waals surface area (Å²) in [6.45, 7) is 0. The minimum Gasteiger partial charge on any atom is -0.543 e. The third-order valence-corrected chi connectivity index (χ3v) is 5.04. The van der Waals surface area contributed by atoms with E-state index in [4.69, 9.17) is 5.73 Å². The van der Waals surface area contributed by atoms with Gasteiger partial charge in [-0.05, 0) is 36.4 Å². The van der Waals surface area contributed by atoms with Crippen molar-refractivity contribution >= 4 is 51.4 Å². The van der Waals surface area contributed by atoms with Gasteiger partial charge < -0.3 is 67.2 Å². The number of nitrogens with one attached hydrogen (secondary N) is 1. The molecule has 233 valence electrons. The second-order valence-corrected chi connectivity index (χ2v) is 7.60. The van der Waals surface area contributed by atoms with Gasteiger partial charge in [0, 0.05) is 12.1 Å². The summed E-state index contributed by atoms with van der Waals surface area (Å²) in [6, 6.07) is 23.2. The number of fused-ring (bicyclic) bond motifs is 2. The number of H-pyrrole nitrogens is 1. The van der Waals surface area contributed by atoms with Gasteiger partial charge in [-0.15, -0.1) is 0 Å². The molecule has 0 fully saturated rings. The van der Waals surface area contributed by atoms with Gasteiger partial charge in [0.15, 0.2) is 0 Å². The normalized spacial score (nSPS) is 8.82. The van der Waals surface area contributed by atoms with Gasteiger partial charge in [-0.25, -0.2) is 15.0 Å². The second-order valence-electron chi connectivity index (χ2n) is 7.60. The molecular formula is C27H25FeN4O12. The van der Waals surface area contributed by atoms with Crippen LogP contribution in [0.2, 0.25) is 0 Å². The first-order valence-electron chi connectivity index (χ1n) is 11.0. The number of rotatable bonds is 4. The molecule has 5 aromatic rings. The molecule has 3 heterocycles. The molecule has 3 aromatic heterocycles. The summed E-state index contributed by atoms with van der Waals surface area (Å²) in [6.07, 6.45) is 0. The van der Waals surface area contributed by atoms with Gasteiger partial charge >= 0.3 is 17.1 Å². The van der Waals surface area contributed by atoms with E-state index >= 15 is 0 Å². The molecule has 0 aliphatic heterocycles. The Morgan fingerprint density at radius 1 is 0.500 bits per heavy atom. The van der Waals surface area contributed by atoms with E-state index in [0.29, 0.717) is 0 Å². The number of aromatic nitrogens is 3. The number of nitrogens with two attached hydrogens (primary N) is 1. The van der Waals surface area contributed by atoms with E-state index in [1.54, 1.807) is 0 Å². The summed E-state index contributed by atoms with van der Waals surface area (Å²) in [4.78, 5) is 50.6. The van der Waals surface area contributed by atoms with Gasteiger partial charge in [-0.3, -0.25) is 0 Å². The third-order valence-electron chi connectivity index (χ3n) is 5.04. The summed E-state index contributed by atoms with van der Waals surface area (Å²) >= 11 is 0. The number of carbonyl (C=O) groups excluding carboxylic acids is 4. The number of hydrogen-bond donors (Lipinski definition) is 1. The maximum atomic E-state index is 10.2. The van der Waals surface area contributed by atoms with Gasteiger partial charge in [0.25, 0.3) is 0 Å². The van der Waals surface area contributed by atoms with Crippen molar-refractivity contribution < 1.29 is 83.6 Å². The fourth-order valence-electron chi connectivity index (χ4n) is 3.27. The first kappa shape index (κ1) is 42.9. The molecule has 2 aromatic carbocycles. The first-order valence-corrected chi connectivity index (χ1v) is 11.0. The summed E-state index contributed by atoms with van der Waals surface area (Å²) < 4.78 is 0. The molecule has 0 unspecified atom stereocenters. The van der Waals surface area contributed by atoms with Crippen LogP contribution in [0.4, 0.5) is 5.69 Å². The molecule has 0 spiro atoms. The van der Waals surface area contributed by atoms with Crippen molar-refractivity contribution in [1.29, 1.82) is 0 Å². The third kappa shape index (κ3) is 11.0. The monoisotopic (exact) mass is 653 g/mol. The number of pyridine rings is 3. The molecule has 0 amide bonds. The molecule has 44 heavy (non-hydrogen) atoms. The van der Waals surface area contributed by atoms with E-state index in [0.717, 1.165) is 51.8 Å². The molecule has 0 bridgehead atoms. The minimum atomic E-state index is -1.52. The molecule has 0 saturated heterocycles. The molecule has 0 saturated carbocycles. The van der Waals surface area contributed by atoms with E-state index in [-0.39, 0.29) is 39.0 Å². The number of aromatic amines is 1. The van der Waals surface area contributed by atoms with Gasteiger partial charge in [0.2, 0.25) is 11.0 Å².